The highest BCUT2D eigenvalue weighted by Gasteiger charge is 2.19. The van der Waals surface area contributed by atoms with Crippen LogP contribution in [0.3, 0.4) is 0 Å². The SMILES string of the molecule is FC(F)Oc1ccccc1[C@H]1CCCNC1. The van der Waals surface area contributed by atoms with Gasteiger partial charge in [0.15, 0.2) is 0 Å². The minimum atomic E-state index is -2.75. The van der Waals surface area contributed by atoms with Gasteiger partial charge in [0.05, 0.1) is 0 Å². The van der Waals surface area contributed by atoms with Crippen molar-refractivity contribution in [3.63, 3.8) is 0 Å². The van der Waals surface area contributed by atoms with Crippen LogP contribution in [0.1, 0.15) is 24.3 Å². The number of nitrogens with one attached hydrogen (secondary N) is 1. The molecule has 88 valence electrons. The summed E-state index contributed by atoms with van der Waals surface area (Å²) in [7, 11) is 0. The van der Waals surface area contributed by atoms with E-state index in [4.69, 9.17) is 0 Å². The Kier molecular flexibility index (Phi) is 3.72. The zero-order valence-corrected chi connectivity index (χ0v) is 8.96. The quantitative estimate of drug-likeness (QED) is 0.857. The molecule has 1 atom stereocenters. The highest BCUT2D eigenvalue weighted by atomic mass is 19.3. The van der Waals surface area contributed by atoms with Crippen molar-refractivity contribution in [2.24, 2.45) is 0 Å². The summed E-state index contributed by atoms with van der Waals surface area (Å²) in [6, 6.07) is 7.06. The number of para-hydroxylation sites is 1. The second-order valence-electron chi connectivity index (χ2n) is 3.96. The normalized spacial score (nSPS) is 21.1. The lowest BCUT2D eigenvalue weighted by Gasteiger charge is -2.24. The fraction of sp³-hybridized carbons (Fsp3) is 0.500. The van der Waals surface area contributed by atoms with Crippen LogP contribution in [0.25, 0.3) is 0 Å². The van der Waals surface area contributed by atoms with E-state index >= 15 is 0 Å². The number of hydrogen-bond acceptors (Lipinski definition) is 2. The molecule has 4 heteroatoms. The molecular weight excluding hydrogens is 212 g/mol. The second-order valence-corrected chi connectivity index (χ2v) is 3.96. The van der Waals surface area contributed by atoms with Crippen LogP contribution in [-0.4, -0.2) is 19.7 Å². The predicted molar refractivity (Wildman–Crippen MR) is 57.9 cm³/mol. The molecule has 1 aromatic carbocycles. The second kappa shape index (κ2) is 5.25. The van der Waals surface area contributed by atoms with Crippen LogP contribution in [0.5, 0.6) is 5.75 Å². The van der Waals surface area contributed by atoms with E-state index in [0.717, 1.165) is 31.5 Å². The molecule has 0 radical (unpaired) electrons. The number of hydrogen-bond donors (Lipinski definition) is 1. The molecule has 2 nitrogen and oxygen atoms in total. The Balaban J connectivity index is 2.17. The van der Waals surface area contributed by atoms with Crippen molar-refractivity contribution >= 4 is 0 Å². The van der Waals surface area contributed by atoms with Crippen LogP contribution in [0.4, 0.5) is 8.78 Å². The van der Waals surface area contributed by atoms with E-state index in [-0.39, 0.29) is 5.92 Å². The summed E-state index contributed by atoms with van der Waals surface area (Å²) in [5, 5.41) is 3.27. The minimum Gasteiger partial charge on any atom is -0.435 e. The van der Waals surface area contributed by atoms with E-state index < -0.39 is 6.61 Å². The molecule has 0 saturated carbocycles. The maximum absolute atomic E-state index is 12.2. The Labute approximate surface area is 93.6 Å². The number of ether oxygens (including phenoxy) is 1. The van der Waals surface area contributed by atoms with E-state index in [1.165, 1.54) is 0 Å². The number of piperidine rings is 1. The highest BCUT2D eigenvalue weighted by Crippen LogP contribution is 2.31. The molecule has 1 aliphatic heterocycles. The fourth-order valence-corrected chi connectivity index (χ4v) is 2.14. The summed E-state index contributed by atoms with van der Waals surface area (Å²) in [6.07, 6.45) is 2.10. The molecule has 0 spiro atoms. The van der Waals surface area contributed by atoms with Crippen molar-refractivity contribution in [3.8, 4) is 5.75 Å². The smallest absolute Gasteiger partial charge is 0.387 e. The van der Waals surface area contributed by atoms with Crippen LogP contribution >= 0.6 is 0 Å². The van der Waals surface area contributed by atoms with Gasteiger partial charge >= 0.3 is 6.61 Å². The standard InChI is InChI=1S/C12H15F2NO/c13-12(14)16-11-6-2-1-5-10(11)9-4-3-7-15-8-9/h1-2,5-6,9,12,15H,3-4,7-8H2/t9-/m0/s1. The summed E-state index contributed by atoms with van der Waals surface area (Å²) in [6.45, 7) is -0.907. The van der Waals surface area contributed by atoms with Crippen LogP contribution in [0.2, 0.25) is 0 Å². The van der Waals surface area contributed by atoms with Crippen LogP contribution < -0.4 is 10.1 Å². The van der Waals surface area contributed by atoms with Crippen molar-refractivity contribution in [1.29, 1.82) is 0 Å². The van der Waals surface area contributed by atoms with Crippen LogP contribution in [0, 0.1) is 0 Å². The molecule has 0 bridgehead atoms. The monoisotopic (exact) mass is 227 g/mol. The van der Waals surface area contributed by atoms with Crippen molar-refractivity contribution < 1.29 is 13.5 Å². The first-order valence-electron chi connectivity index (χ1n) is 5.52. The van der Waals surface area contributed by atoms with Gasteiger partial charge in [-0.15, -0.1) is 0 Å². The first-order valence-corrected chi connectivity index (χ1v) is 5.52. The summed E-state index contributed by atoms with van der Waals surface area (Å²) >= 11 is 0. The summed E-state index contributed by atoms with van der Waals surface area (Å²) in [4.78, 5) is 0. The molecule has 0 amide bonds. The van der Waals surface area contributed by atoms with Gasteiger partial charge in [-0.1, -0.05) is 18.2 Å². The van der Waals surface area contributed by atoms with Crippen molar-refractivity contribution in [2.75, 3.05) is 13.1 Å². The Hall–Kier alpha value is -1.16. The number of rotatable bonds is 3. The molecule has 0 aliphatic carbocycles. The highest BCUT2D eigenvalue weighted by molar-refractivity contribution is 5.36. The van der Waals surface area contributed by atoms with E-state index in [1.54, 1.807) is 12.1 Å². The van der Waals surface area contributed by atoms with Crippen LogP contribution in [0.15, 0.2) is 24.3 Å². The van der Waals surface area contributed by atoms with Crippen molar-refractivity contribution in [3.05, 3.63) is 29.8 Å². The molecular formula is C12H15F2NO. The van der Waals surface area contributed by atoms with Gasteiger partial charge in [0.2, 0.25) is 0 Å². The van der Waals surface area contributed by atoms with E-state index in [2.05, 4.69) is 10.1 Å². The van der Waals surface area contributed by atoms with Gasteiger partial charge in [-0.25, -0.2) is 0 Å². The summed E-state index contributed by atoms with van der Waals surface area (Å²) in [5.41, 5.74) is 0.884. The van der Waals surface area contributed by atoms with Gasteiger partial charge in [-0.2, -0.15) is 8.78 Å². The lowest BCUT2D eigenvalue weighted by molar-refractivity contribution is -0.0506. The molecule has 1 fully saturated rings. The lowest BCUT2D eigenvalue weighted by Crippen LogP contribution is -2.28. The van der Waals surface area contributed by atoms with Gasteiger partial charge in [0.1, 0.15) is 5.75 Å². The van der Waals surface area contributed by atoms with Crippen LogP contribution in [-0.2, 0) is 0 Å². The number of alkyl halides is 2. The maximum atomic E-state index is 12.2. The third kappa shape index (κ3) is 2.70. The Morgan fingerprint density at radius 3 is 2.81 bits per heavy atom. The lowest BCUT2D eigenvalue weighted by atomic mass is 9.91. The zero-order valence-electron chi connectivity index (χ0n) is 8.96. The van der Waals surface area contributed by atoms with Crippen molar-refractivity contribution in [1.82, 2.24) is 5.32 Å². The van der Waals surface area contributed by atoms with Gasteiger partial charge in [-0.3, -0.25) is 0 Å². The average Bonchev–Trinajstić information content (AvgIpc) is 2.30. The third-order valence-corrected chi connectivity index (χ3v) is 2.87. The molecule has 2 rings (SSSR count). The predicted octanol–water partition coefficient (Wildman–Crippen LogP) is 2.75. The largest absolute Gasteiger partial charge is 0.435 e. The topological polar surface area (TPSA) is 21.3 Å². The molecule has 0 aromatic heterocycles. The molecule has 1 N–H and O–H groups in total. The van der Waals surface area contributed by atoms with E-state index in [0.29, 0.717) is 5.75 Å². The molecule has 1 aromatic rings. The van der Waals surface area contributed by atoms with E-state index in [1.807, 2.05) is 12.1 Å². The molecule has 0 unspecified atom stereocenters. The maximum Gasteiger partial charge on any atom is 0.387 e. The zero-order chi connectivity index (χ0) is 11.4. The molecule has 1 heterocycles. The summed E-state index contributed by atoms with van der Waals surface area (Å²) < 4.78 is 29.0. The number of halogens is 2. The summed E-state index contributed by atoms with van der Waals surface area (Å²) in [5.74, 6) is 0.592. The first-order chi connectivity index (χ1) is 7.77. The van der Waals surface area contributed by atoms with Gasteiger partial charge in [0.25, 0.3) is 0 Å². The minimum absolute atomic E-state index is 0.281. The van der Waals surface area contributed by atoms with E-state index in [9.17, 15) is 8.78 Å². The van der Waals surface area contributed by atoms with Crippen molar-refractivity contribution in [2.45, 2.75) is 25.4 Å². The molecule has 16 heavy (non-hydrogen) atoms. The van der Waals surface area contributed by atoms with Gasteiger partial charge < -0.3 is 10.1 Å². The average molecular weight is 227 g/mol. The van der Waals surface area contributed by atoms with Gasteiger partial charge in [-0.05, 0) is 31.0 Å². The number of benzene rings is 1. The Morgan fingerprint density at radius 1 is 1.31 bits per heavy atom. The first kappa shape index (κ1) is 11.3. The molecule has 1 aliphatic rings. The molecule has 1 saturated heterocycles. The Morgan fingerprint density at radius 2 is 2.12 bits per heavy atom. The van der Waals surface area contributed by atoms with Gasteiger partial charge in [0, 0.05) is 12.5 Å². The Bertz CT molecular complexity index is 338. The fourth-order valence-electron chi connectivity index (χ4n) is 2.14. The third-order valence-electron chi connectivity index (χ3n) is 2.87.